The van der Waals surface area contributed by atoms with Crippen LogP contribution in [0.4, 0.5) is 4.39 Å². The third-order valence-electron chi connectivity index (χ3n) is 2.79. The van der Waals surface area contributed by atoms with Crippen LogP contribution in [0.5, 0.6) is 0 Å². The lowest BCUT2D eigenvalue weighted by Gasteiger charge is -2.12. The summed E-state index contributed by atoms with van der Waals surface area (Å²) in [6.45, 7) is 0.339. The summed E-state index contributed by atoms with van der Waals surface area (Å²) >= 11 is 5.83. The van der Waals surface area contributed by atoms with Crippen LogP contribution in [0.3, 0.4) is 0 Å². The highest BCUT2D eigenvalue weighted by Crippen LogP contribution is 2.36. The third kappa shape index (κ3) is 2.18. The fourth-order valence-electron chi connectivity index (χ4n) is 1.52. The van der Waals surface area contributed by atoms with Crippen molar-refractivity contribution in [2.45, 2.75) is 24.9 Å². The van der Waals surface area contributed by atoms with Crippen LogP contribution in [0.25, 0.3) is 0 Å². The minimum Gasteiger partial charge on any atom is -0.480 e. The van der Waals surface area contributed by atoms with E-state index in [0.717, 1.165) is 0 Å². The molecule has 1 fully saturated rings. The van der Waals surface area contributed by atoms with Crippen LogP contribution in [0.1, 0.15) is 18.4 Å². The number of hydrogen-bond donors (Lipinski definition) is 2. The van der Waals surface area contributed by atoms with Crippen LogP contribution < -0.4 is 5.32 Å². The van der Waals surface area contributed by atoms with Gasteiger partial charge in [0.2, 0.25) is 0 Å². The van der Waals surface area contributed by atoms with E-state index >= 15 is 0 Å². The van der Waals surface area contributed by atoms with E-state index in [1.165, 1.54) is 12.1 Å². The zero-order valence-corrected chi connectivity index (χ0v) is 9.22. The first kappa shape index (κ1) is 11.4. The number of carboxylic acids is 1. The molecule has 16 heavy (non-hydrogen) atoms. The molecule has 3 nitrogen and oxygen atoms in total. The van der Waals surface area contributed by atoms with Gasteiger partial charge in [0.05, 0.1) is 0 Å². The summed E-state index contributed by atoms with van der Waals surface area (Å²) in [5, 5.41) is 12.2. The molecule has 86 valence electrons. The van der Waals surface area contributed by atoms with E-state index in [-0.39, 0.29) is 0 Å². The van der Waals surface area contributed by atoms with Crippen molar-refractivity contribution >= 4 is 17.6 Å². The molecule has 1 saturated carbocycles. The smallest absolute Gasteiger partial charge is 0.323 e. The van der Waals surface area contributed by atoms with Gasteiger partial charge in [0, 0.05) is 11.6 Å². The monoisotopic (exact) mass is 243 g/mol. The van der Waals surface area contributed by atoms with Gasteiger partial charge in [0.1, 0.15) is 11.4 Å². The molecule has 1 aromatic rings. The van der Waals surface area contributed by atoms with Crippen molar-refractivity contribution in [3.05, 3.63) is 34.6 Å². The summed E-state index contributed by atoms with van der Waals surface area (Å²) in [6.07, 6.45) is 1.25. The molecule has 0 heterocycles. The van der Waals surface area contributed by atoms with Gasteiger partial charge < -0.3 is 5.11 Å². The van der Waals surface area contributed by atoms with Gasteiger partial charge in [0.15, 0.2) is 0 Å². The third-order valence-corrected chi connectivity index (χ3v) is 3.14. The maximum atomic E-state index is 12.8. The van der Waals surface area contributed by atoms with Crippen molar-refractivity contribution in [2.75, 3.05) is 0 Å². The lowest BCUT2D eigenvalue weighted by molar-refractivity contribution is -0.140. The minimum atomic E-state index is -0.842. The van der Waals surface area contributed by atoms with E-state index in [0.29, 0.717) is 30.0 Å². The van der Waals surface area contributed by atoms with E-state index in [9.17, 15) is 9.18 Å². The zero-order valence-electron chi connectivity index (χ0n) is 8.46. The number of halogens is 2. The maximum absolute atomic E-state index is 12.8. The van der Waals surface area contributed by atoms with Crippen molar-refractivity contribution in [3.63, 3.8) is 0 Å². The SMILES string of the molecule is O=C(O)C1(NCc2ccc(F)cc2Cl)CC1. The second kappa shape index (κ2) is 4.03. The molecule has 0 unspecified atom stereocenters. The van der Waals surface area contributed by atoms with Crippen molar-refractivity contribution < 1.29 is 14.3 Å². The minimum absolute atomic E-state index is 0.314. The molecule has 1 aliphatic carbocycles. The number of benzene rings is 1. The molecule has 0 bridgehead atoms. The summed E-state index contributed by atoms with van der Waals surface area (Å²) in [5.41, 5.74) is -0.0897. The molecule has 0 atom stereocenters. The Hall–Kier alpha value is -1.13. The molecule has 0 radical (unpaired) electrons. The Labute approximate surface area is 97.2 Å². The van der Waals surface area contributed by atoms with E-state index < -0.39 is 17.3 Å². The molecule has 0 amide bonds. The van der Waals surface area contributed by atoms with E-state index in [4.69, 9.17) is 16.7 Å². The first-order chi connectivity index (χ1) is 7.53. The molecule has 0 aliphatic heterocycles. The van der Waals surface area contributed by atoms with Crippen molar-refractivity contribution in [3.8, 4) is 0 Å². The molecular weight excluding hydrogens is 233 g/mol. The number of carbonyl (C=O) groups is 1. The van der Waals surface area contributed by atoms with Crippen LogP contribution in [-0.4, -0.2) is 16.6 Å². The topological polar surface area (TPSA) is 49.3 Å². The fourth-order valence-corrected chi connectivity index (χ4v) is 1.75. The highest BCUT2D eigenvalue weighted by molar-refractivity contribution is 6.31. The van der Waals surface area contributed by atoms with Crippen molar-refractivity contribution in [1.29, 1.82) is 0 Å². The summed E-state index contributed by atoms with van der Waals surface area (Å²) in [6, 6.07) is 4.09. The van der Waals surface area contributed by atoms with Gasteiger partial charge in [-0.3, -0.25) is 10.1 Å². The quantitative estimate of drug-likeness (QED) is 0.852. The largest absolute Gasteiger partial charge is 0.480 e. The van der Waals surface area contributed by atoms with E-state index in [1.807, 2.05) is 0 Å². The maximum Gasteiger partial charge on any atom is 0.323 e. The van der Waals surface area contributed by atoms with Gasteiger partial charge >= 0.3 is 5.97 Å². The Morgan fingerprint density at radius 2 is 2.25 bits per heavy atom. The Bertz CT molecular complexity index is 432. The molecule has 2 N–H and O–H groups in total. The lowest BCUT2D eigenvalue weighted by atomic mass is 10.2. The van der Waals surface area contributed by atoms with Gasteiger partial charge in [-0.1, -0.05) is 17.7 Å². The van der Waals surface area contributed by atoms with Crippen molar-refractivity contribution in [1.82, 2.24) is 5.32 Å². The van der Waals surface area contributed by atoms with Gasteiger partial charge in [-0.15, -0.1) is 0 Å². The molecule has 2 rings (SSSR count). The molecule has 1 aliphatic rings. The second-order valence-electron chi connectivity index (χ2n) is 3.98. The predicted molar refractivity (Wildman–Crippen MR) is 57.9 cm³/mol. The Morgan fingerprint density at radius 3 is 2.75 bits per heavy atom. The molecule has 0 spiro atoms. The van der Waals surface area contributed by atoms with Gasteiger partial charge in [-0.05, 0) is 30.5 Å². The second-order valence-corrected chi connectivity index (χ2v) is 4.38. The lowest BCUT2D eigenvalue weighted by Crippen LogP contribution is -2.38. The normalized spacial score (nSPS) is 17.1. The van der Waals surface area contributed by atoms with Crippen LogP contribution in [-0.2, 0) is 11.3 Å². The first-order valence-corrected chi connectivity index (χ1v) is 5.34. The summed E-state index contributed by atoms with van der Waals surface area (Å²) in [5.74, 6) is -1.24. The highest BCUT2D eigenvalue weighted by Gasteiger charge is 2.49. The number of nitrogens with one attached hydrogen (secondary N) is 1. The number of aliphatic carboxylic acids is 1. The predicted octanol–water partition coefficient (Wildman–Crippen LogP) is 2.19. The summed E-state index contributed by atoms with van der Waals surface area (Å²) in [4.78, 5) is 10.9. The van der Waals surface area contributed by atoms with Crippen LogP contribution >= 0.6 is 11.6 Å². The van der Waals surface area contributed by atoms with Crippen molar-refractivity contribution in [2.24, 2.45) is 0 Å². The molecule has 5 heteroatoms. The Balaban J connectivity index is 2.03. The van der Waals surface area contributed by atoms with Gasteiger partial charge in [-0.2, -0.15) is 0 Å². The fraction of sp³-hybridized carbons (Fsp3) is 0.364. The molecule has 0 aromatic heterocycles. The van der Waals surface area contributed by atoms with E-state index in [1.54, 1.807) is 6.07 Å². The average Bonchev–Trinajstić information content (AvgIpc) is 2.97. The number of hydrogen-bond acceptors (Lipinski definition) is 2. The molecule has 0 saturated heterocycles. The van der Waals surface area contributed by atoms with Crippen LogP contribution in [0.2, 0.25) is 5.02 Å². The number of rotatable bonds is 4. The average molecular weight is 244 g/mol. The molecule has 1 aromatic carbocycles. The number of carboxylic acid groups (broad SMARTS) is 1. The van der Waals surface area contributed by atoms with Crippen LogP contribution in [0, 0.1) is 5.82 Å². The van der Waals surface area contributed by atoms with Gasteiger partial charge in [-0.25, -0.2) is 4.39 Å². The standard InChI is InChI=1S/C11H11ClFNO2/c12-9-5-8(13)2-1-7(9)6-14-11(3-4-11)10(15)16/h1-2,5,14H,3-4,6H2,(H,15,16). The van der Waals surface area contributed by atoms with E-state index in [2.05, 4.69) is 5.32 Å². The first-order valence-electron chi connectivity index (χ1n) is 4.96. The Morgan fingerprint density at radius 1 is 1.56 bits per heavy atom. The van der Waals surface area contributed by atoms with Gasteiger partial charge in [0.25, 0.3) is 0 Å². The highest BCUT2D eigenvalue weighted by atomic mass is 35.5. The molecular formula is C11H11ClFNO2. The Kier molecular flexibility index (Phi) is 2.86. The zero-order chi connectivity index (χ0) is 11.8. The summed E-state index contributed by atoms with van der Waals surface area (Å²) < 4.78 is 12.8. The summed E-state index contributed by atoms with van der Waals surface area (Å²) in [7, 11) is 0. The van der Waals surface area contributed by atoms with Crippen LogP contribution in [0.15, 0.2) is 18.2 Å².